The van der Waals surface area contributed by atoms with Crippen molar-refractivity contribution >= 4 is 12.1 Å². The van der Waals surface area contributed by atoms with Gasteiger partial charge in [-0.25, -0.2) is 4.79 Å². The molecule has 0 spiro atoms. The molecule has 0 aliphatic rings. The van der Waals surface area contributed by atoms with Crippen molar-refractivity contribution in [3.63, 3.8) is 0 Å². The van der Waals surface area contributed by atoms with Crippen molar-refractivity contribution in [3.8, 4) is 0 Å². The van der Waals surface area contributed by atoms with E-state index in [-0.39, 0.29) is 6.61 Å². The lowest BCUT2D eigenvalue weighted by molar-refractivity contribution is -0.141. The second kappa shape index (κ2) is 7.68. The second-order valence-electron chi connectivity index (χ2n) is 5.17. The van der Waals surface area contributed by atoms with E-state index in [2.05, 4.69) is 23.3 Å². The lowest BCUT2D eigenvalue weighted by atomic mass is 9.97. The highest BCUT2D eigenvalue weighted by molar-refractivity contribution is 5.86. The van der Waals surface area contributed by atoms with Crippen LogP contribution in [0.25, 0.3) is 0 Å². The zero-order valence-corrected chi connectivity index (χ0v) is 12.5. The molecular weight excluding hydrogens is 256 g/mol. The van der Waals surface area contributed by atoms with Gasteiger partial charge in [-0.2, -0.15) is 0 Å². The Kier molecular flexibility index (Phi) is 6.22. The summed E-state index contributed by atoms with van der Waals surface area (Å²) in [6.45, 7) is 7.87. The average Bonchev–Trinajstić information content (AvgIpc) is 2.38. The minimum atomic E-state index is -0.944. The number of ether oxygens (including phenoxy) is 2. The standard InChI is InChI=1S/C16H22O4/c1-5-19-16(18)20-15(17)12(4)14-8-6-13(7-9-14)10-11(2)3/h6-9,11-12H,5,10H2,1-4H3. The monoisotopic (exact) mass is 278 g/mol. The molecule has 0 heterocycles. The van der Waals surface area contributed by atoms with Crippen molar-refractivity contribution in [1.82, 2.24) is 0 Å². The van der Waals surface area contributed by atoms with Gasteiger partial charge in [0.1, 0.15) is 0 Å². The highest BCUT2D eigenvalue weighted by Crippen LogP contribution is 2.19. The molecule has 0 bridgehead atoms. The SMILES string of the molecule is CCOC(=O)OC(=O)C(C)c1ccc(CC(C)C)cc1. The third kappa shape index (κ3) is 5.03. The molecule has 20 heavy (non-hydrogen) atoms. The fourth-order valence-corrected chi connectivity index (χ4v) is 1.87. The van der Waals surface area contributed by atoms with E-state index < -0.39 is 18.0 Å². The number of hydrogen-bond donors (Lipinski definition) is 0. The molecule has 0 fully saturated rings. The van der Waals surface area contributed by atoms with E-state index in [4.69, 9.17) is 0 Å². The van der Waals surface area contributed by atoms with E-state index in [0.717, 1.165) is 12.0 Å². The van der Waals surface area contributed by atoms with Gasteiger partial charge >= 0.3 is 12.1 Å². The Morgan fingerprint density at radius 3 is 2.20 bits per heavy atom. The van der Waals surface area contributed by atoms with Crippen molar-refractivity contribution in [3.05, 3.63) is 35.4 Å². The van der Waals surface area contributed by atoms with Crippen molar-refractivity contribution < 1.29 is 19.1 Å². The summed E-state index contributed by atoms with van der Waals surface area (Å²) >= 11 is 0. The molecule has 1 atom stereocenters. The van der Waals surface area contributed by atoms with Crippen LogP contribution in [0.1, 0.15) is 44.7 Å². The summed E-state index contributed by atoms with van der Waals surface area (Å²) in [7, 11) is 0. The normalized spacial score (nSPS) is 12.1. The predicted octanol–water partition coefficient (Wildman–Crippen LogP) is 3.69. The minimum Gasteiger partial charge on any atom is -0.434 e. The lowest BCUT2D eigenvalue weighted by Gasteiger charge is -2.11. The Bertz CT molecular complexity index is 448. The first-order valence-electron chi connectivity index (χ1n) is 6.91. The van der Waals surface area contributed by atoms with E-state index in [1.807, 2.05) is 24.3 Å². The van der Waals surface area contributed by atoms with Gasteiger partial charge in [0.2, 0.25) is 0 Å². The average molecular weight is 278 g/mol. The Morgan fingerprint density at radius 2 is 1.70 bits per heavy atom. The van der Waals surface area contributed by atoms with Crippen molar-refractivity contribution in [2.45, 2.75) is 40.0 Å². The zero-order chi connectivity index (χ0) is 15.1. The third-order valence-corrected chi connectivity index (χ3v) is 2.92. The van der Waals surface area contributed by atoms with Crippen molar-refractivity contribution in [2.75, 3.05) is 6.61 Å². The number of esters is 1. The lowest BCUT2D eigenvalue weighted by Crippen LogP contribution is -2.18. The highest BCUT2D eigenvalue weighted by Gasteiger charge is 2.20. The first-order valence-corrected chi connectivity index (χ1v) is 6.91. The van der Waals surface area contributed by atoms with Gasteiger partial charge in [-0.3, -0.25) is 4.79 Å². The van der Waals surface area contributed by atoms with Gasteiger partial charge in [0, 0.05) is 0 Å². The third-order valence-electron chi connectivity index (χ3n) is 2.92. The number of hydrogen-bond acceptors (Lipinski definition) is 4. The van der Waals surface area contributed by atoms with Crippen LogP contribution >= 0.6 is 0 Å². The summed E-state index contributed by atoms with van der Waals surface area (Å²) in [6, 6.07) is 7.80. The maximum Gasteiger partial charge on any atom is 0.516 e. The number of carbonyl (C=O) groups excluding carboxylic acids is 2. The highest BCUT2D eigenvalue weighted by atomic mass is 16.7. The van der Waals surface area contributed by atoms with Gasteiger partial charge in [-0.1, -0.05) is 38.1 Å². The first kappa shape index (κ1) is 16.2. The van der Waals surface area contributed by atoms with Crippen LogP contribution in [0.4, 0.5) is 4.79 Å². The Balaban J connectivity index is 2.64. The van der Waals surface area contributed by atoms with Gasteiger partial charge in [-0.15, -0.1) is 0 Å². The van der Waals surface area contributed by atoms with Crippen molar-refractivity contribution in [2.24, 2.45) is 5.92 Å². The molecule has 1 unspecified atom stereocenters. The summed E-state index contributed by atoms with van der Waals surface area (Å²) in [5, 5.41) is 0. The quantitative estimate of drug-likeness (QED) is 0.609. The van der Waals surface area contributed by atoms with Crippen LogP contribution in [0, 0.1) is 5.92 Å². The molecule has 0 amide bonds. The van der Waals surface area contributed by atoms with Gasteiger partial charge in [0.15, 0.2) is 0 Å². The number of rotatable bonds is 5. The molecule has 1 rings (SSSR count). The summed E-state index contributed by atoms with van der Waals surface area (Å²) in [5.74, 6) is -0.500. The Labute approximate surface area is 120 Å². The van der Waals surface area contributed by atoms with Gasteiger partial charge in [0.25, 0.3) is 0 Å². The van der Waals surface area contributed by atoms with Crippen LogP contribution < -0.4 is 0 Å². The smallest absolute Gasteiger partial charge is 0.434 e. The molecule has 0 radical (unpaired) electrons. The summed E-state index contributed by atoms with van der Waals surface area (Å²) in [4.78, 5) is 22.9. The second-order valence-corrected chi connectivity index (χ2v) is 5.17. The fourth-order valence-electron chi connectivity index (χ4n) is 1.87. The molecule has 0 aliphatic carbocycles. The Hall–Kier alpha value is -1.84. The minimum absolute atomic E-state index is 0.185. The van der Waals surface area contributed by atoms with E-state index >= 15 is 0 Å². The van der Waals surface area contributed by atoms with E-state index in [1.165, 1.54) is 5.56 Å². The van der Waals surface area contributed by atoms with Crippen LogP contribution in [-0.2, 0) is 20.7 Å². The van der Waals surface area contributed by atoms with Gasteiger partial charge in [0.05, 0.1) is 12.5 Å². The van der Waals surface area contributed by atoms with Crippen molar-refractivity contribution in [1.29, 1.82) is 0 Å². The topological polar surface area (TPSA) is 52.6 Å². The van der Waals surface area contributed by atoms with Crippen LogP contribution in [0.3, 0.4) is 0 Å². The number of carbonyl (C=O) groups is 2. The van der Waals surface area contributed by atoms with Crippen LogP contribution in [0.2, 0.25) is 0 Å². The van der Waals surface area contributed by atoms with E-state index in [1.54, 1.807) is 13.8 Å². The summed E-state index contributed by atoms with van der Waals surface area (Å²) in [5.41, 5.74) is 2.06. The maximum atomic E-state index is 11.8. The van der Waals surface area contributed by atoms with Gasteiger partial charge in [-0.05, 0) is 37.3 Å². The predicted molar refractivity (Wildman–Crippen MR) is 76.5 cm³/mol. The molecule has 1 aromatic rings. The molecule has 0 saturated carbocycles. The largest absolute Gasteiger partial charge is 0.516 e. The first-order chi connectivity index (χ1) is 9.43. The molecule has 1 aromatic carbocycles. The van der Waals surface area contributed by atoms with Crippen LogP contribution in [0.15, 0.2) is 24.3 Å². The number of benzene rings is 1. The van der Waals surface area contributed by atoms with Gasteiger partial charge < -0.3 is 9.47 Å². The van der Waals surface area contributed by atoms with Crippen LogP contribution in [-0.4, -0.2) is 18.7 Å². The molecule has 4 nitrogen and oxygen atoms in total. The molecule has 0 saturated heterocycles. The molecule has 4 heteroatoms. The van der Waals surface area contributed by atoms with Crippen LogP contribution in [0.5, 0.6) is 0 Å². The van der Waals surface area contributed by atoms with E-state index in [0.29, 0.717) is 5.92 Å². The zero-order valence-electron chi connectivity index (χ0n) is 12.5. The summed E-state index contributed by atoms with van der Waals surface area (Å²) < 4.78 is 9.18. The molecular formula is C16H22O4. The molecule has 0 aromatic heterocycles. The molecule has 0 aliphatic heterocycles. The molecule has 0 N–H and O–H groups in total. The Morgan fingerprint density at radius 1 is 1.10 bits per heavy atom. The fraction of sp³-hybridized carbons (Fsp3) is 0.500. The maximum absolute atomic E-state index is 11.8. The molecule has 110 valence electrons. The summed E-state index contributed by atoms with van der Waals surface area (Å²) in [6.07, 6.45) is 0.0582. The van der Waals surface area contributed by atoms with E-state index in [9.17, 15) is 9.59 Å².